The molecule has 2 fully saturated rings. The molecule has 0 radical (unpaired) electrons. The highest BCUT2D eigenvalue weighted by molar-refractivity contribution is 5.97. The fraction of sp³-hybridized carbons (Fsp3) is 0.824. The number of likely N-dealkylation sites (tertiary alicyclic amines) is 2. The van der Waals surface area contributed by atoms with E-state index < -0.39 is 17.5 Å². The Morgan fingerprint density at radius 3 is 2.16 bits per heavy atom. The largest absolute Gasteiger partial charge is 0.354 e. The zero-order valence-corrected chi connectivity index (χ0v) is 28.8. The summed E-state index contributed by atoms with van der Waals surface area (Å²) in [6.07, 6.45) is 9.27. The monoisotopic (exact) mass is 603 g/mol. The van der Waals surface area contributed by atoms with E-state index in [1.54, 1.807) is 23.8 Å². The number of nitrogens with one attached hydrogen (secondary N) is 2. The molecule has 0 bridgehead atoms. The minimum absolute atomic E-state index is 0.0269. The van der Waals surface area contributed by atoms with Gasteiger partial charge >= 0.3 is 0 Å². The molecular formula is C34H61N5O4. The average Bonchev–Trinajstić information content (AvgIpc) is 3.44. The normalized spacial score (nSPS) is 21.6. The minimum atomic E-state index is -0.717. The van der Waals surface area contributed by atoms with Crippen molar-refractivity contribution in [1.29, 1.82) is 0 Å². The van der Waals surface area contributed by atoms with Crippen molar-refractivity contribution in [3.05, 3.63) is 11.6 Å². The van der Waals surface area contributed by atoms with Crippen LogP contribution in [-0.2, 0) is 19.2 Å². The summed E-state index contributed by atoms with van der Waals surface area (Å²) in [5.74, 6) is -0.483. The Kier molecular flexibility index (Phi) is 14.2. The average molecular weight is 604 g/mol. The van der Waals surface area contributed by atoms with Crippen LogP contribution in [0, 0.1) is 11.3 Å². The van der Waals surface area contributed by atoms with Gasteiger partial charge in [0.2, 0.25) is 23.6 Å². The number of carbonyl (C=O) groups excluding carboxylic acids is 4. The van der Waals surface area contributed by atoms with Gasteiger partial charge in [-0.2, -0.15) is 0 Å². The van der Waals surface area contributed by atoms with E-state index in [0.717, 1.165) is 51.5 Å². The van der Waals surface area contributed by atoms with Crippen molar-refractivity contribution in [3.63, 3.8) is 0 Å². The van der Waals surface area contributed by atoms with Gasteiger partial charge in [-0.15, -0.1) is 0 Å². The number of rotatable bonds is 13. The molecule has 2 aliphatic rings. The molecule has 2 N–H and O–H groups in total. The quantitative estimate of drug-likeness (QED) is 0.238. The molecule has 0 aromatic carbocycles. The van der Waals surface area contributed by atoms with E-state index in [1.165, 1.54) is 0 Å². The van der Waals surface area contributed by atoms with Crippen LogP contribution >= 0.6 is 0 Å². The van der Waals surface area contributed by atoms with Gasteiger partial charge in [-0.3, -0.25) is 24.1 Å². The highest BCUT2D eigenvalue weighted by Crippen LogP contribution is 2.27. The van der Waals surface area contributed by atoms with E-state index in [1.807, 2.05) is 40.7 Å². The summed E-state index contributed by atoms with van der Waals surface area (Å²) in [5.41, 5.74) is 0.0111. The second-order valence-electron chi connectivity index (χ2n) is 14.3. The fourth-order valence-electron chi connectivity index (χ4n) is 6.38. The highest BCUT2D eigenvalue weighted by atomic mass is 16.2. The SMILES string of the molecule is CCCCCNC(=O)C1CCCN1C(=O)/C(C)=C/[C@H](C(C)C)N(C)C(=O)C(NC(=O)[C@H]1CCCCN1C(C)C)C(C)(C)C. The van der Waals surface area contributed by atoms with Crippen LogP contribution < -0.4 is 10.6 Å². The molecule has 2 heterocycles. The molecule has 2 saturated heterocycles. The molecule has 0 aliphatic carbocycles. The van der Waals surface area contributed by atoms with E-state index in [-0.39, 0.29) is 47.7 Å². The first-order chi connectivity index (χ1) is 20.1. The van der Waals surface area contributed by atoms with Gasteiger partial charge in [0.1, 0.15) is 12.1 Å². The zero-order chi connectivity index (χ0) is 32.5. The van der Waals surface area contributed by atoms with Gasteiger partial charge in [0.15, 0.2) is 0 Å². The molecule has 2 aliphatic heterocycles. The van der Waals surface area contributed by atoms with Gasteiger partial charge < -0.3 is 20.4 Å². The van der Waals surface area contributed by atoms with E-state index in [2.05, 4.69) is 36.3 Å². The summed E-state index contributed by atoms with van der Waals surface area (Å²) in [4.78, 5) is 59.8. The lowest BCUT2D eigenvalue weighted by Gasteiger charge is -2.41. The van der Waals surface area contributed by atoms with Crippen molar-refractivity contribution in [2.75, 3.05) is 26.7 Å². The van der Waals surface area contributed by atoms with Crippen LogP contribution in [0.1, 0.15) is 114 Å². The predicted molar refractivity (Wildman–Crippen MR) is 173 cm³/mol. The Labute approximate surface area is 261 Å². The summed E-state index contributed by atoms with van der Waals surface area (Å²) >= 11 is 0. The third-order valence-corrected chi connectivity index (χ3v) is 9.04. The summed E-state index contributed by atoms with van der Waals surface area (Å²) in [5, 5.41) is 6.14. The van der Waals surface area contributed by atoms with Gasteiger partial charge in [0.05, 0.1) is 12.1 Å². The van der Waals surface area contributed by atoms with Crippen LogP contribution in [-0.4, -0.2) is 95.2 Å². The molecular weight excluding hydrogens is 542 g/mol. The molecule has 246 valence electrons. The molecule has 4 atom stereocenters. The standard InChI is InChI=1S/C34H61N5O4/c1-11-12-14-19-35-30(40)26-18-16-21-39(26)32(42)25(6)22-28(23(2)3)37(10)33(43)29(34(7,8)9)36-31(41)27-17-13-15-20-38(27)24(4)5/h22-24,26-29H,11-21H2,1-10H3,(H,35,40)(H,36,41)/b25-22+/t26?,27-,28-,29?/m1/s1. The molecule has 0 aromatic heterocycles. The van der Waals surface area contributed by atoms with E-state index in [0.29, 0.717) is 25.1 Å². The van der Waals surface area contributed by atoms with Gasteiger partial charge in [0.25, 0.3) is 0 Å². The topological polar surface area (TPSA) is 102 Å². The maximum atomic E-state index is 14.1. The lowest BCUT2D eigenvalue weighted by Crippen LogP contribution is -2.60. The van der Waals surface area contributed by atoms with Crippen LogP contribution in [0.25, 0.3) is 0 Å². The molecule has 0 aromatic rings. The number of hydrogen-bond acceptors (Lipinski definition) is 5. The zero-order valence-electron chi connectivity index (χ0n) is 28.8. The van der Waals surface area contributed by atoms with Gasteiger partial charge in [-0.1, -0.05) is 66.9 Å². The van der Waals surface area contributed by atoms with Crippen molar-refractivity contribution >= 4 is 23.6 Å². The Balaban J connectivity index is 2.21. The molecule has 43 heavy (non-hydrogen) atoms. The lowest BCUT2D eigenvalue weighted by atomic mass is 9.84. The third kappa shape index (κ3) is 10.0. The van der Waals surface area contributed by atoms with Crippen molar-refractivity contribution in [3.8, 4) is 0 Å². The minimum Gasteiger partial charge on any atom is -0.354 e. The van der Waals surface area contributed by atoms with Gasteiger partial charge in [0, 0.05) is 31.8 Å². The summed E-state index contributed by atoms with van der Waals surface area (Å²) in [6.45, 7) is 20.2. The molecule has 9 nitrogen and oxygen atoms in total. The van der Waals surface area contributed by atoms with Crippen LogP contribution in [0.5, 0.6) is 0 Å². The summed E-state index contributed by atoms with van der Waals surface area (Å²) in [7, 11) is 1.76. The van der Waals surface area contributed by atoms with Gasteiger partial charge in [-0.25, -0.2) is 0 Å². The number of carbonyl (C=O) groups is 4. The van der Waals surface area contributed by atoms with E-state index >= 15 is 0 Å². The molecule has 4 amide bonds. The Morgan fingerprint density at radius 2 is 1.58 bits per heavy atom. The second-order valence-corrected chi connectivity index (χ2v) is 14.3. The fourth-order valence-corrected chi connectivity index (χ4v) is 6.38. The molecule has 0 saturated carbocycles. The van der Waals surface area contributed by atoms with Crippen molar-refractivity contribution in [2.24, 2.45) is 11.3 Å². The third-order valence-electron chi connectivity index (χ3n) is 9.04. The Bertz CT molecular complexity index is 986. The number of nitrogens with zero attached hydrogens (tertiary/aromatic N) is 3. The molecule has 0 spiro atoms. The van der Waals surface area contributed by atoms with Crippen LogP contribution in [0.2, 0.25) is 0 Å². The second kappa shape index (κ2) is 16.6. The first kappa shape index (κ1) is 36.8. The summed E-state index contributed by atoms with van der Waals surface area (Å²) < 4.78 is 0. The molecule has 2 unspecified atom stereocenters. The first-order valence-electron chi connectivity index (χ1n) is 16.7. The lowest BCUT2D eigenvalue weighted by molar-refractivity contribution is -0.142. The number of amides is 4. The van der Waals surface area contributed by atoms with Crippen molar-refractivity contribution < 1.29 is 19.2 Å². The van der Waals surface area contributed by atoms with Crippen LogP contribution in [0.3, 0.4) is 0 Å². The predicted octanol–water partition coefficient (Wildman–Crippen LogP) is 4.51. The number of likely N-dealkylation sites (N-methyl/N-ethyl adjacent to an activating group) is 1. The maximum absolute atomic E-state index is 14.1. The van der Waals surface area contributed by atoms with Crippen molar-refractivity contribution in [1.82, 2.24) is 25.3 Å². The number of hydrogen-bond donors (Lipinski definition) is 2. The first-order valence-corrected chi connectivity index (χ1v) is 16.7. The van der Waals surface area contributed by atoms with Crippen LogP contribution in [0.15, 0.2) is 11.6 Å². The Hall–Kier alpha value is -2.42. The number of unbranched alkanes of at least 4 members (excludes halogenated alkanes) is 2. The molecule has 9 heteroatoms. The maximum Gasteiger partial charge on any atom is 0.249 e. The number of piperidine rings is 1. The smallest absolute Gasteiger partial charge is 0.249 e. The summed E-state index contributed by atoms with van der Waals surface area (Å²) in [6, 6.07) is -1.52. The molecule has 2 rings (SSSR count). The highest BCUT2D eigenvalue weighted by Gasteiger charge is 2.40. The van der Waals surface area contributed by atoms with Crippen LogP contribution in [0.4, 0.5) is 0 Å². The van der Waals surface area contributed by atoms with Crippen molar-refractivity contribution in [2.45, 2.75) is 144 Å². The van der Waals surface area contributed by atoms with Gasteiger partial charge in [-0.05, 0) is 70.8 Å². The van der Waals surface area contributed by atoms with E-state index in [4.69, 9.17) is 0 Å². The van der Waals surface area contributed by atoms with E-state index in [9.17, 15) is 19.2 Å². The Morgan fingerprint density at radius 1 is 0.930 bits per heavy atom.